The van der Waals surface area contributed by atoms with E-state index in [4.69, 9.17) is 11.0 Å². The van der Waals surface area contributed by atoms with Crippen molar-refractivity contribution >= 4 is 29.4 Å². The number of hydrogen-bond acceptors (Lipinski definition) is 5. The molecule has 0 unspecified atom stereocenters. The van der Waals surface area contributed by atoms with Crippen LogP contribution in [0.2, 0.25) is 0 Å². The molecule has 0 saturated carbocycles. The van der Waals surface area contributed by atoms with E-state index >= 15 is 0 Å². The Balaban J connectivity index is 2.13. The number of carbonyl (C=O) groups excluding carboxylic acids is 1. The SMILES string of the molecule is N#CC1=C(SCCN)S[C@@H]2CC(=O)N12. The van der Waals surface area contributed by atoms with Crippen molar-refractivity contribution in [2.45, 2.75) is 11.8 Å². The molecule has 1 amide bonds. The Bertz CT molecular complexity index is 347. The summed E-state index contributed by atoms with van der Waals surface area (Å²) in [5.41, 5.74) is 5.91. The van der Waals surface area contributed by atoms with Gasteiger partial charge in [-0.15, -0.1) is 11.8 Å². The highest BCUT2D eigenvalue weighted by Crippen LogP contribution is 2.49. The summed E-state index contributed by atoms with van der Waals surface area (Å²) in [6.07, 6.45) is 0.558. The summed E-state index contributed by atoms with van der Waals surface area (Å²) in [6, 6.07) is 2.09. The van der Waals surface area contributed by atoms with E-state index in [0.717, 1.165) is 9.99 Å². The van der Waals surface area contributed by atoms with Crippen molar-refractivity contribution in [3.8, 4) is 6.07 Å². The van der Waals surface area contributed by atoms with Crippen LogP contribution in [-0.4, -0.2) is 28.5 Å². The number of carbonyl (C=O) groups is 1. The molecular weight excluding hydrogens is 218 g/mol. The number of fused-ring (bicyclic) bond motifs is 1. The van der Waals surface area contributed by atoms with Crippen LogP contribution in [0, 0.1) is 11.3 Å². The molecule has 0 spiro atoms. The molecule has 2 heterocycles. The molecule has 2 N–H and O–H groups in total. The molecule has 6 heteroatoms. The number of nitrogens with zero attached hydrogens (tertiary/aromatic N) is 2. The van der Waals surface area contributed by atoms with Crippen molar-refractivity contribution in [2.24, 2.45) is 5.73 Å². The Labute approximate surface area is 90.5 Å². The average molecular weight is 227 g/mol. The van der Waals surface area contributed by atoms with Gasteiger partial charge in [-0.25, -0.2) is 0 Å². The number of β-lactam (4-membered cyclic amide) rings is 1. The zero-order valence-electron chi connectivity index (χ0n) is 7.40. The van der Waals surface area contributed by atoms with Crippen LogP contribution in [0.4, 0.5) is 0 Å². The van der Waals surface area contributed by atoms with Crippen molar-refractivity contribution in [2.75, 3.05) is 12.3 Å². The summed E-state index contributed by atoms with van der Waals surface area (Å²) < 4.78 is 0.953. The highest BCUT2D eigenvalue weighted by molar-refractivity contribution is 8.22. The van der Waals surface area contributed by atoms with Gasteiger partial charge in [-0.2, -0.15) is 5.26 Å². The van der Waals surface area contributed by atoms with Gasteiger partial charge in [-0.1, -0.05) is 11.8 Å². The van der Waals surface area contributed by atoms with Gasteiger partial charge < -0.3 is 5.73 Å². The molecule has 0 aromatic heterocycles. The predicted octanol–water partition coefficient (Wildman–Crippen LogP) is 0.676. The van der Waals surface area contributed by atoms with Crippen LogP contribution < -0.4 is 5.73 Å². The van der Waals surface area contributed by atoms with Crippen LogP contribution in [0.15, 0.2) is 9.93 Å². The van der Waals surface area contributed by atoms with Gasteiger partial charge in [0.1, 0.15) is 11.8 Å². The normalized spacial score (nSPS) is 24.7. The zero-order chi connectivity index (χ0) is 10.1. The molecule has 0 aromatic rings. The molecule has 2 rings (SSSR count). The quantitative estimate of drug-likeness (QED) is 0.718. The lowest BCUT2D eigenvalue weighted by molar-refractivity contribution is -0.137. The van der Waals surface area contributed by atoms with Gasteiger partial charge in [0.05, 0.1) is 16.0 Å². The Hall–Kier alpha value is -0.640. The maximum Gasteiger partial charge on any atom is 0.231 e. The maximum absolute atomic E-state index is 11.2. The van der Waals surface area contributed by atoms with Crippen molar-refractivity contribution in [1.29, 1.82) is 5.26 Å². The fraction of sp³-hybridized carbons (Fsp3) is 0.500. The van der Waals surface area contributed by atoms with Gasteiger partial charge in [0, 0.05) is 12.3 Å². The fourth-order valence-corrected chi connectivity index (χ4v) is 3.88. The van der Waals surface area contributed by atoms with Crippen LogP contribution in [0.25, 0.3) is 0 Å². The van der Waals surface area contributed by atoms with Gasteiger partial charge in [0.15, 0.2) is 0 Å². The summed E-state index contributed by atoms with van der Waals surface area (Å²) in [7, 11) is 0. The Morgan fingerprint density at radius 1 is 1.79 bits per heavy atom. The van der Waals surface area contributed by atoms with Crippen molar-refractivity contribution in [3.05, 3.63) is 9.93 Å². The molecule has 14 heavy (non-hydrogen) atoms. The van der Waals surface area contributed by atoms with E-state index in [-0.39, 0.29) is 11.3 Å². The average Bonchev–Trinajstić information content (AvgIpc) is 2.46. The highest BCUT2D eigenvalue weighted by Gasteiger charge is 2.46. The number of allylic oxidation sites excluding steroid dienone is 1. The van der Waals surface area contributed by atoms with Crippen LogP contribution in [0.3, 0.4) is 0 Å². The summed E-state index contributed by atoms with van der Waals surface area (Å²) in [6.45, 7) is 0.589. The Morgan fingerprint density at radius 3 is 3.14 bits per heavy atom. The number of nitrogens with two attached hydrogens (primary N) is 1. The third-order valence-electron chi connectivity index (χ3n) is 2.04. The van der Waals surface area contributed by atoms with Crippen LogP contribution in [0.5, 0.6) is 0 Å². The van der Waals surface area contributed by atoms with Crippen LogP contribution in [0.1, 0.15) is 6.42 Å². The lowest BCUT2D eigenvalue weighted by Gasteiger charge is -2.33. The number of nitriles is 1. The first-order valence-corrected chi connectivity index (χ1v) is 6.10. The van der Waals surface area contributed by atoms with E-state index in [0.29, 0.717) is 18.7 Å². The minimum atomic E-state index is 0.0578. The van der Waals surface area contributed by atoms with E-state index in [1.54, 1.807) is 28.4 Å². The molecule has 0 aliphatic carbocycles. The lowest BCUT2D eigenvalue weighted by Crippen LogP contribution is -2.46. The van der Waals surface area contributed by atoms with Gasteiger partial charge in [0.25, 0.3) is 0 Å². The van der Waals surface area contributed by atoms with Crippen molar-refractivity contribution in [1.82, 2.24) is 4.90 Å². The van der Waals surface area contributed by atoms with Crippen molar-refractivity contribution < 1.29 is 4.79 Å². The summed E-state index contributed by atoms with van der Waals surface area (Å²) in [5, 5.41) is 9.09. The fourth-order valence-electron chi connectivity index (χ4n) is 1.38. The van der Waals surface area contributed by atoms with E-state index < -0.39 is 0 Å². The number of hydrogen-bond donors (Lipinski definition) is 1. The van der Waals surface area contributed by atoms with Gasteiger partial charge in [-0.3, -0.25) is 9.69 Å². The van der Waals surface area contributed by atoms with Gasteiger partial charge >= 0.3 is 0 Å². The zero-order valence-corrected chi connectivity index (χ0v) is 9.03. The predicted molar refractivity (Wildman–Crippen MR) is 57.0 cm³/mol. The number of rotatable bonds is 3. The number of thioether (sulfide) groups is 2. The third-order valence-corrected chi connectivity index (χ3v) is 4.63. The van der Waals surface area contributed by atoms with Crippen LogP contribution >= 0.6 is 23.5 Å². The smallest absolute Gasteiger partial charge is 0.231 e. The van der Waals surface area contributed by atoms with E-state index in [9.17, 15) is 4.79 Å². The second-order valence-corrected chi connectivity index (χ2v) is 5.48. The molecule has 0 bridgehead atoms. The summed E-state index contributed by atoms with van der Waals surface area (Å²) >= 11 is 3.17. The lowest BCUT2D eigenvalue weighted by atomic mass is 10.2. The first kappa shape index (κ1) is 9.90. The number of amides is 1. The minimum absolute atomic E-state index is 0.0578. The largest absolute Gasteiger partial charge is 0.330 e. The monoisotopic (exact) mass is 227 g/mol. The molecule has 0 aromatic carbocycles. The minimum Gasteiger partial charge on any atom is -0.330 e. The topological polar surface area (TPSA) is 70.1 Å². The second kappa shape index (κ2) is 3.85. The molecule has 1 fully saturated rings. The van der Waals surface area contributed by atoms with E-state index in [2.05, 4.69) is 6.07 Å². The van der Waals surface area contributed by atoms with Gasteiger partial charge in [0.2, 0.25) is 5.91 Å². The van der Waals surface area contributed by atoms with Gasteiger partial charge in [-0.05, 0) is 0 Å². The van der Waals surface area contributed by atoms with E-state index in [1.165, 1.54) is 0 Å². The Morgan fingerprint density at radius 2 is 2.57 bits per heavy atom. The molecule has 1 saturated heterocycles. The van der Waals surface area contributed by atoms with Crippen LogP contribution in [-0.2, 0) is 4.79 Å². The molecular formula is C8H9N3OS2. The maximum atomic E-state index is 11.2. The molecule has 2 aliphatic heterocycles. The molecule has 0 radical (unpaired) electrons. The molecule has 2 aliphatic rings. The van der Waals surface area contributed by atoms with E-state index in [1.807, 2.05) is 0 Å². The molecule has 4 nitrogen and oxygen atoms in total. The summed E-state index contributed by atoms with van der Waals surface area (Å²) in [5.74, 6) is 0.852. The third kappa shape index (κ3) is 1.41. The standard InChI is InChI=1S/C8H9N3OS2/c9-1-2-13-8-5(4-10)11-6(12)3-7(11)14-8/h7H,1-3,9H2/t7-/m1/s1. The van der Waals surface area contributed by atoms with Crippen molar-refractivity contribution in [3.63, 3.8) is 0 Å². The first-order chi connectivity index (χ1) is 6.77. The first-order valence-electron chi connectivity index (χ1n) is 4.24. The highest BCUT2D eigenvalue weighted by atomic mass is 32.2. The molecule has 74 valence electrons. The summed E-state index contributed by atoms with van der Waals surface area (Å²) in [4.78, 5) is 12.8. The second-order valence-electron chi connectivity index (χ2n) is 2.93. The Kier molecular flexibility index (Phi) is 2.72. The molecule has 1 atom stereocenters.